The van der Waals surface area contributed by atoms with Gasteiger partial charge in [-0.1, -0.05) is 6.92 Å². The van der Waals surface area contributed by atoms with Gasteiger partial charge in [-0.05, 0) is 45.0 Å². The summed E-state index contributed by atoms with van der Waals surface area (Å²) in [6.45, 7) is 7.33. The summed E-state index contributed by atoms with van der Waals surface area (Å²) < 4.78 is 31.0. The molecule has 1 rings (SSSR count). The van der Waals surface area contributed by atoms with Gasteiger partial charge in [0.05, 0.1) is 10.5 Å². The molecule has 6 heteroatoms. The Kier molecular flexibility index (Phi) is 4.70. The first-order valence-electron chi connectivity index (χ1n) is 5.99. The number of benzene rings is 1. The number of rotatable bonds is 4. The number of hydrogen-bond donors (Lipinski definition) is 1. The molecule has 1 aromatic carbocycles. The maximum atomic E-state index is 11.8. The van der Waals surface area contributed by atoms with Crippen LogP contribution in [0, 0.1) is 0 Å². The second-order valence-electron chi connectivity index (χ2n) is 5.03. The normalized spacial score (nSPS) is 12.2. The zero-order valence-electron chi connectivity index (χ0n) is 11.6. The summed E-state index contributed by atoms with van der Waals surface area (Å²) >= 11 is 0. The van der Waals surface area contributed by atoms with Gasteiger partial charge in [-0.15, -0.1) is 0 Å². The van der Waals surface area contributed by atoms with E-state index in [-0.39, 0.29) is 4.90 Å². The smallest absolute Gasteiger partial charge is 0.338 e. The monoisotopic (exact) mass is 285 g/mol. The van der Waals surface area contributed by atoms with E-state index in [0.29, 0.717) is 12.1 Å². The minimum absolute atomic E-state index is 0.127. The van der Waals surface area contributed by atoms with Crippen LogP contribution in [0.25, 0.3) is 0 Å². The lowest BCUT2D eigenvalue weighted by atomic mass is 10.2. The molecule has 0 radical (unpaired) electrons. The summed E-state index contributed by atoms with van der Waals surface area (Å²) in [5.74, 6) is -0.472. The fourth-order valence-corrected chi connectivity index (χ4v) is 2.42. The molecule has 0 amide bonds. The summed E-state index contributed by atoms with van der Waals surface area (Å²) in [6, 6.07) is 5.66. The number of esters is 1. The van der Waals surface area contributed by atoms with E-state index in [4.69, 9.17) is 4.74 Å². The molecule has 0 saturated carbocycles. The van der Waals surface area contributed by atoms with Gasteiger partial charge in [0.25, 0.3) is 0 Å². The molecule has 0 bridgehead atoms. The number of carbonyl (C=O) groups excluding carboxylic acids is 1. The Bertz CT molecular complexity index is 541. The molecule has 0 aliphatic heterocycles. The SMILES string of the molecule is CCNS(=O)(=O)c1ccc(C(=O)OC(C)(C)C)cc1. The minimum atomic E-state index is -3.49. The third-order valence-corrected chi connectivity index (χ3v) is 3.70. The van der Waals surface area contributed by atoms with Crippen LogP contribution < -0.4 is 4.72 Å². The Hall–Kier alpha value is -1.40. The summed E-state index contributed by atoms with van der Waals surface area (Å²) in [5.41, 5.74) is -0.253. The van der Waals surface area contributed by atoms with Crippen molar-refractivity contribution in [2.45, 2.75) is 38.2 Å². The van der Waals surface area contributed by atoms with Crippen molar-refractivity contribution < 1.29 is 17.9 Å². The van der Waals surface area contributed by atoms with E-state index in [9.17, 15) is 13.2 Å². The average Bonchev–Trinajstić information content (AvgIpc) is 2.27. The first-order valence-corrected chi connectivity index (χ1v) is 7.47. The molecule has 1 aromatic rings. The quantitative estimate of drug-likeness (QED) is 0.858. The van der Waals surface area contributed by atoms with Crippen molar-refractivity contribution >= 4 is 16.0 Å². The first-order chi connectivity index (χ1) is 8.65. The van der Waals surface area contributed by atoms with Crippen molar-refractivity contribution in [3.8, 4) is 0 Å². The van der Waals surface area contributed by atoms with E-state index in [0.717, 1.165) is 0 Å². The molecular formula is C13H19NO4S. The highest BCUT2D eigenvalue weighted by atomic mass is 32.2. The number of hydrogen-bond acceptors (Lipinski definition) is 4. The Morgan fingerprint density at radius 1 is 1.21 bits per heavy atom. The topological polar surface area (TPSA) is 72.5 Å². The molecule has 0 heterocycles. The third kappa shape index (κ3) is 4.65. The van der Waals surface area contributed by atoms with Gasteiger partial charge in [0.2, 0.25) is 10.0 Å². The van der Waals surface area contributed by atoms with Crippen LogP contribution in [-0.4, -0.2) is 26.5 Å². The van der Waals surface area contributed by atoms with Gasteiger partial charge < -0.3 is 4.74 Å². The molecule has 0 saturated heterocycles. The summed E-state index contributed by atoms with van der Waals surface area (Å²) in [4.78, 5) is 11.9. The Labute approximate surface area is 114 Å². The molecular weight excluding hydrogens is 266 g/mol. The molecule has 0 spiro atoms. The lowest BCUT2D eigenvalue weighted by molar-refractivity contribution is 0.00694. The van der Waals surface area contributed by atoms with Gasteiger partial charge in [-0.25, -0.2) is 17.9 Å². The molecule has 1 N–H and O–H groups in total. The molecule has 0 unspecified atom stereocenters. The molecule has 106 valence electrons. The predicted molar refractivity (Wildman–Crippen MR) is 72.5 cm³/mol. The van der Waals surface area contributed by atoms with Crippen LogP contribution >= 0.6 is 0 Å². The zero-order valence-corrected chi connectivity index (χ0v) is 12.4. The highest BCUT2D eigenvalue weighted by molar-refractivity contribution is 7.89. The number of sulfonamides is 1. The van der Waals surface area contributed by atoms with Gasteiger partial charge in [0.15, 0.2) is 0 Å². The van der Waals surface area contributed by atoms with Crippen LogP contribution in [0.1, 0.15) is 38.1 Å². The van der Waals surface area contributed by atoms with Gasteiger partial charge in [-0.3, -0.25) is 0 Å². The van der Waals surface area contributed by atoms with E-state index in [1.54, 1.807) is 27.7 Å². The van der Waals surface area contributed by atoms with E-state index < -0.39 is 21.6 Å². The van der Waals surface area contributed by atoms with Crippen molar-refractivity contribution in [3.63, 3.8) is 0 Å². The third-order valence-electron chi connectivity index (χ3n) is 2.13. The van der Waals surface area contributed by atoms with E-state index >= 15 is 0 Å². The van der Waals surface area contributed by atoms with Crippen molar-refractivity contribution in [2.24, 2.45) is 0 Å². The van der Waals surface area contributed by atoms with Gasteiger partial charge in [0, 0.05) is 6.54 Å². The number of ether oxygens (including phenoxy) is 1. The summed E-state index contributed by atoms with van der Waals surface area (Å²) in [7, 11) is -3.49. The number of carbonyl (C=O) groups is 1. The van der Waals surface area contributed by atoms with Crippen molar-refractivity contribution in [1.82, 2.24) is 4.72 Å². The molecule has 19 heavy (non-hydrogen) atoms. The van der Waals surface area contributed by atoms with E-state index in [1.165, 1.54) is 24.3 Å². The molecule has 0 aliphatic carbocycles. The van der Waals surface area contributed by atoms with E-state index in [1.807, 2.05) is 0 Å². The van der Waals surface area contributed by atoms with Crippen molar-refractivity contribution in [1.29, 1.82) is 0 Å². The molecule has 0 aliphatic rings. The zero-order chi connectivity index (χ0) is 14.7. The fraction of sp³-hybridized carbons (Fsp3) is 0.462. The van der Waals surface area contributed by atoms with Crippen LogP contribution in [-0.2, 0) is 14.8 Å². The molecule has 0 fully saturated rings. The van der Waals surface area contributed by atoms with Crippen molar-refractivity contribution in [3.05, 3.63) is 29.8 Å². The molecule has 0 aromatic heterocycles. The van der Waals surface area contributed by atoms with Crippen LogP contribution in [0.4, 0.5) is 0 Å². The highest BCUT2D eigenvalue weighted by Crippen LogP contribution is 2.14. The largest absolute Gasteiger partial charge is 0.456 e. The van der Waals surface area contributed by atoms with Crippen molar-refractivity contribution in [2.75, 3.05) is 6.54 Å². The predicted octanol–water partition coefficient (Wildman–Crippen LogP) is 1.94. The minimum Gasteiger partial charge on any atom is -0.456 e. The maximum Gasteiger partial charge on any atom is 0.338 e. The standard InChI is InChI=1S/C13H19NO4S/c1-5-14-19(16,17)11-8-6-10(7-9-11)12(15)18-13(2,3)4/h6-9,14H,5H2,1-4H3. The second kappa shape index (κ2) is 5.71. The summed E-state index contributed by atoms with van der Waals surface area (Å²) in [5, 5.41) is 0. The van der Waals surface area contributed by atoms with Crippen LogP contribution in [0.5, 0.6) is 0 Å². The van der Waals surface area contributed by atoms with Crippen LogP contribution in [0.15, 0.2) is 29.2 Å². The summed E-state index contributed by atoms with van der Waals surface area (Å²) in [6.07, 6.45) is 0. The van der Waals surface area contributed by atoms with Gasteiger partial charge in [-0.2, -0.15) is 0 Å². The Morgan fingerprint density at radius 2 is 1.74 bits per heavy atom. The number of nitrogens with one attached hydrogen (secondary N) is 1. The van der Waals surface area contributed by atoms with Gasteiger partial charge in [0.1, 0.15) is 5.60 Å². The Morgan fingerprint density at radius 3 is 2.16 bits per heavy atom. The van der Waals surface area contributed by atoms with Crippen LogP contribution in [0.2, 0.25) is 0 Å². The maximum absolute atomic E-state index is 11.8. The average molecular weight is 285 g/mol. The first kappa shape index (κ1) is 15.7. The van der Waals surface area contributed by atoms with Crippen LogP contribution in [0.3, 0.4) is 0 Å². The lowest BCUT2D eigenvalue weighted by Gasteiger charge is -2.19. The lowest BCUT2D eigenvalue weighted by Crippen LogP contribution is -2.24. The Balaban J connectivity index is 2.91. The molecule has 0 atom stereocenters. The van der Waals surface area contributed by atoms with E-state index in [2.05, 4.69) is 4.72 Å². The molecule has 5 nitrogen and oxygen atoms in total. The second-order valence-corrected chi connectivity index (χ2v) is 6.79. The fourth-order valence-electron chi connectivity index (χ4n) is 1.38. The highest BCUT2D eigenvalue weighted by Gasteiger charge is 2.19. The van der Waals surface area contributed by atoms with Gasteiger partial charge >= 0.3 is 5.97 Å².